The summed E-state index contributed by atoms with van der Waals surface area (Å²) in [7, 11) is 2.93. The monoisotopic (exact) mass is 425 g/mol. The van der Waals surface area contributed by atoms with Gasteiger partial charge in [0.2, 0.25) is 0 Å². The lowest BCUT2D eigenvalue weighted by Gasteiger charge is -2.24. The number of carboxylic acid groups (broad SMARTS) is 1. The second-order valence-corrected chi connectivity index (χ2v) is 6.93. The summed E-state index contributed by atoms with van der Waals surface area (Å²) in [5.74, 6) is -1.01. The van der Waals surface area contributed by atoms with Crippen LogP contribution >= 0.6 is 23.2 Å². The topological polar surface area (TPSA) is 94.1 Å². The summed E-state index contributed by atoms with van der Waals surface area (Å²) in [6.45, 7) is 0. The Hall–Kier alpha value is -2.48. The number of fused-ring (bicyclic) bond motifs is 1. The molecule has 0 radical (unpaired) electrons. The minimum Gasteiger partial charge on any atom is -0.493 e. The number of halogens is 2. The molecule has 2 atom stereocenters. The Morgan fingerprint density at radius 2 is 1.86 bits per heavy atom. The van der Waals surface area contributed by atoms with Gasteiger partial charge in [0.15, 0.2) is 11.5 Å². The second-order valence-electron chi connectivity index (χ2n) is 6.05. The number of hydrogen-bond acceptors (Lipinski definition) is 5. The first kappa shape index (κ1) is 20.3. The molecule has 1 amide bonds. The molecule has 0 unspecified atom stereocenters. The van der Waals surface area contributed by atoms with E-state index >= 15 is 0 Å². The first-order valence-corrected chi connectivity index (χ1v) is 8.98. The van der Waals surface area contributed by atoms with Gasteiger partial charge in [-0.1, -0.05) is 23.2 Å². The molecule has 3 rings (SSSR count). The van der Waals surface area contributed by atoms with Gasteiger partial charge >= 0.3 is 5.97 Å². The van der Waals surface area contributed by atoms with E-state index in [1.54, 1.807) is 30.3 Å². The van der Waals surface area contributed by atoms with Gasteiger partial charge in [-0.2, -0.15) is 0 Å². The average Bonchev–Trinajstić information content (AvgIpc) is 2.77. The Kier molecular flexibility index (Phi) is 5.98. The van der Waals surface area contributed by atoms with Gasteiger partial charge in [-0.25, -0.2) is 0 Å². The van der Waals surface area contributed by atoms with E-state index in [1.165, 1.54) is 14.2 Å². The van der Waals surface area contributed by atoms with Crippen molar-refractivity contribution in [1.82, 2.24) is 0 Å². The summed E-state index contributed by atoms with van der Waals surface area (Å²) in [6.07, 6.45) is -2.62. The zero-order valence-corrected chi connectivity index (χ0v) is 16.5. The highest BCUT2D eigenvalue weighted by Crippen LogP contribution is 2.45. The number of carbonyl (C=O) groups is 2. The lowest BCUT2D eigenvalue weighted by molar-refractivity contribution is -0.146. The Morgan fingerprint density at radius 3 is 2.50 bits per heavy atom. The number of carbonyl (C=O) groups excluding carboxylic acids is 1. The number of hydrogen-bond donors (Lipinski definition) is 2. The molecule has 0 saturated carbocycles. The number of methoxy groups -OCH3 is 2. The first-order chi connectivity index (χ1) is 13.3. The van der Waals surface area contributed by atoms with Crippen LogP contribution in [0.25, 0.3) is 0 Å². The molecule has 28 heavy (non-hydrogen) atoms. The van der Waals surface area contributed by atoms with Crippen LogP contribution in [0.4, 0.5) is 5.69 Å². The Labute approximate surface area is 171 Å². The van der Waals surface area contributed by atoms with Crippen molar-refractivity contribution < 1.29 is 28.9 Å². The fourth-order valence-electron chi connectivity index (χ4n) is 3.07. The average molecular weight is 426 g/mol. The highest BCUT2D eigenvalue weighted by molar-refractivity contribution is 6.31. The first-order valence-electron chi connectivity index (χ1n) is 8.23. The molecule has 0 aliphatic carbocycles. The van der Waals surface area contributed by atoms with Crippen molar-refractivity contribution in [1.29, 1.82) is 0 Å². The molecule has 0 aromatic heterocycles. The summed E-state index contributed by atoms with van der Waals surface area (Å²) in [4.78, 5) is 23.7. The summed E-state index contributed by atoms with van der Waals surface area (Å²) in [5, 5.41) is 12.6. The largest absolute Gasteiger partial charge is 0.493 e. The maximum atomic E-state index is 12.5. The number of ether oxygens (including phenoxy) is 3. The molecular weight excluding hydrogens is 409 g/mol. The number of amides is 1. The molecule has 2 aromatic carbocycles. The molecule has 2 N–H and O–H groups in total. The van der Waals surface area contributed by atoms with Crippen molar-refractivity contribution in [2.75, 3.05) is 19.5 Å². The maximum absolute atomic E-state index is 12.5. The van der Waals surface area contributed by atoms with Gasteiger partial charge in [-0.05, 0) is 24.3 Å². The fourth-order valence-corrected chi connectivity index (χ4v) is 3.47. The van der Waals surface area contributed by atoms with E-state index in [0.29, 0.717) is 38.4 Å². The Morgan fingerprint density at radius 1 is 1.14 bits per heavy atom. The van der Waals surface area contributed by atoms with Crippen molar-refractivity contribution in [3.8, 4) is 11.5 Å². The van der Waals surface area contributed by atoms with Crippen molar-refractivity contribution in [2.24, 2.45) is 0 Å². The number of benzene rings is 2. The smallest absolute Gasteiger partial charge is 0.306 e. The molecule has 0 bridgehead atoms. The minimum absolute atomic E-state index is 0.353. The Bertz CT molecular complexity index is 933. The third kappa shape index (κ3) is 4.01. The molecule has 0 fully saturated rings. The molecule has 2 aromatic rings. The van der Waals surface area contributed by atoms with Gasteiger partial charge in [0.25, 0.3) is 5.91 Å². The SMILES string of the molecule is COc1cc(Cl)cc([C@H]2O[C@H](CC(=O)O)C(=O)Nc3ccc(Cl)cc32)c1OC. The maximum Gasteiger partial charge on any atom is 0.306 e. The van der Waals surface area contributed by atoms with Crippen molar-refractivity contribution in [3.05, 3.63) is 51.5 Å². The zero-order valence-electron chi connectivity index (χ0n) is 15.0. The number of nitrogens with one attached hydrogen (secondary N) is 1. The van der Waals surface area contributed by atoms with Crippen molar-refractivity contribution in [2.45, 2.75) is 18.6 Å². The lowest BCUT2D eigenvalue weighted by Crippen LogP contribution is -2.31. The quantitative estimate of drug-likeness (QED) is 0.753. The van der Waals surface area contributed by atoms with Gasteiger partial charge in [-0.3, -0.25) is 9.59 Å². The predicted octanol–water partition coefficient (Wildman–Crippen LogP) is 3.91. The van der Waals surface area contributed by atoms with Crippen molar-refractivity contribution >= 4 is 40.8 Å². The van der Waals surface area contributed by atoms with Crippen LogP contribution in [0.5, 0.6) is 11.5 Å². The van der Waals surface area contributed by atoms with Crippen LogP contribution in [0, 0.1) is 0 Å². The predicted molar refractivity (Wildman–Crippen MR) is 104 cm³/mol. The van der Waals surface area contributed by atoms with Gasteiger partial charge < -0.3 is 24.6 Å². The normalized spacial score (nSPS) is 18.6. The van der Waals surface area contributed by atoms with Gasteiger partial charge in [-0.15, -0.1) is 0 Å². The standard InChI is InChI=1S/C19H17Cl2NO6/c1-26-14-7-10(21)6-12(18(14)27-2)17-11-5-9(20)3-4-13(11)22-19(25)15(28-17)8-16(23)24/h3-7,15,17H,8H2,1-2H3,(H,22,25)(H,23,24)/t15-,17+/m1/s1. The number of carboxylic acids is 1. The minimum atomic E-state index is -1.23. The van der Waals surface area contributed by atoms with Crippen molar-refractivity contribution in [3.63, 3.8) is 0 Å². The summed E-state index contributed by atoms with van der Waals surface area (Å²) >= 11 is 12.4. The second kappa shape index (κ2) is 8.26. The lowest BCUT2D eigenvalue weighted by atomic mass is 9.98. The summed E-state index contributed by atoms with van der Waals surface area (Å²) < 4.78 is 16.8. The molecule has 148 valence electrons. The van der Waals surface area contributed by atoms with E-state index in [4.69, 9.17) is 37.4 Å². The van der Waals surface area contributed by atoms with Crippen LogP contribution in [-0.4, -0.2) is 37.3 Å². The third-order valence-electron chi connectivity index (χ3n) is 4.26. The summed E-state index contributed by atoms with van der Waals surface area (Å²) in [5.41, 5.74) is 1.46. The van der Waals surface area contributed by atoms with Gasteiger partial charge in [0, 0.05) is 32.9 Å². The molecule has 7 nitrogen and oxygen atoms in total. The van der Waals surface area contributed by atoms with Crippen LogP contribution in [-0.2, 0) is 14.3 Å². The van der Waals surface area contributed by atoms with E-state index in [-0.39, 0.29) is 0 Å². The molecule has 0 saturated heterocycles. The fraction of sp³-hybridized carbons (Fsp3) is 0.263. The molecular formula is C19H17Cl2NO6. The molecule has 1 heterocycles. The molecule has 1 aliphatic rings. The van der Waals surface area contributed by atoms with E-state index in [1.807, 2.05) is 0 Å². The van der Waals surface area contributed by atoms with E-state index in [2.05, 4.69) is 5.32 Å². The van der Waals surface area contributed by atoms with Crippen LogP contribution in [0.3, 0.4) is 0 Å². The molecule has 1 aliphatic heterocycles. The zero-order chi connectivity index (χ0) is 20.4. The Balaban J connectivity index is 2.22. The van der Waals surface area contributed by atoms with Crippen LogP contribution in [0.2, 0.25) is 10.0 Å². The number of rotatable bonds is 5. The number of aliphatic carboxylic acids is 1. The highest BCUT2D eigenvalue weighted by atomic mass is 35.5. The summed E-state index contributed by atoms with van der Waals surface area (Å²) in [6, 6.07) is 8.08. The third-order valence-corrected chi connectivity index (χ3v) is 4.71. The van der Waals surface area contributed by atoms with Gasteiger partial charge in [0.05, 0.1) is 20.6 Å². The van der Waals surface area contributed by atoms with Crippen LogP contribution in [0.15, 0.2) is 30.3 Å². The van der Waals surface area contributed by atoms with Crippen LogP contribution < -0.4 is 14.8 Å². The van der Waals surface area contributed by atoms with Crippen LogP contribution in [0.1, 0.15) is 23.7 Å². The van der Waals surface area contributed by atoms with E-state index in [0.717, 1.165) is 0 Å². The molecule has 9 heteroatoms. The van der Waals surface area contributed by atoms with E-state index < -0.39 is 30.5 Å². The highest BCUT2D eigenvalue weighted by Gasteiger charge is 2.35. The molecule has 0 spiro atoms. The number of anilines is 1. The van der Waals surface area contributed by atoms with E-state index in [9.17, 15) is 14.7 Å². The van der Waals surface area contributed by atoms with Gasteiger partial charge in [0.1, 0.15) is 12.2 Å².